The van der Waals surface area contributed by atoms with Gasteiger partial charge in [0.25, 0.3) is 0 Å². The summed E-state index contributed by atoms with van der Waals surface area (Å²) < 4.78 is 7.43. The molecule has 0 bridgehead atoms. The summed E-state index contributed by atoms with van der Waals surface area (Å²) in [5.74, 6) is 1.45. The van der Waals surface area contributed by atoms with Crippen LogP contribution in [-0.2, 0) is 6.54 Å². The lowest BCUT2D eigenvalue weighted by Gasteiger charge is -2.21. The maximum absolute atomic E-state index is 13.0. The minimum atomic E-state index is 0.0112. The van der Waals surface area contributed by atoms with Gasteiger partial charge in [-0.3, -0.25) is 9.48 Å². The minimum absolute atomic E-state index is 0.0112. The van der Waals surface area contributed by atoms with Crippen molar-refractivity contribution in [3.8, 4) is 5.75 Å². The van der Waals surface area contributed by atoms with Crippen LogP contribution in [0.3, 0.4) is 0 Å². The highest BCUT2D eigenvalue weighted by molar-refractivity contribution is 6.14. The Labute approximate surface area is 175 Å². The van der Waals surface area contributed by atoms with Crippen molar-refractivity contribution < 1.29 is 9.53 Å². The zero-order valence-corrected chi connectivity index (χ0v) is 18.7. The zero-order chi connectivity index (χ0) is 21.2. The van der Waals surface area contributed by atoms with Crippen LogP contribution in [-0.4, -0.2) is 22.7 Å². The highest BCUT2D eigenvalue weighted by atomic mass is 16.5. The van der Waals surface area contributed by atoms with Crippen LogP contribution in [0.2, 0.25) is 0 Å². The first kappa shape index (κ1) is 22.9. The van der Waals surface area contributed by atoms with Crippen molar-refractivity contribution in [3.63, 3.8) is 0 Å². The van der Waals surface area contributed by atoms with E-state index < -0.39 is 0 Å². The molecule has 1 saturated carbocycles. The van der Waals surface area contributed by atoms with Crippen molar-refractivity contribution in [1.29, 1.82) is 0 Å². The number of hydrogen-bond donors (Lipinski definition) is 0. The molecule has 1 aromatic carbocycles. The van der Waals surface area contributed by atoms with Crippen LogP contribution < -0.4 is 4.74 Å². The summed E-state index contributed by atoms with van der Waals surface area (Å²) >= 11 is 0. The first-order valence-corrected chi connectivity index (χ1v) is 11.0. The minimum Gasteiger partial charge on any atom is -0.497 e. The van der Waals surface area contributed by atoms with E-state index in [0.29, 0.717) is 11.6 Å². The Balaban J connectivity index is 0.00000145. The number of fused-ring (bicyclic) bond motifs is 1. The zero-order valence-electron chi connectivity index (χ0n) is 18.7. The second-order valence-corrected chi connectivity index (χ2v) is 7.44. The van der Waals surface area contributed by atoms with Gasteiger partial charge in [-0.05, 0) is 56.7 Å². The molecular formula is C25H36N2O2. The molecule has 0 amide bonds. The van der Waals surface area contributed by atoms with Crippen molar-refractivity contribution in [2.24, 2.45) is 5.92 Å². The van der Waals surface area contributed by atoms with Crippen LogP contribution in [0.4, 0.5) is 0 Å². The number of carbonyl (C=O) groups is 1. The third-order valence-corrected chi connectivity index (χ3v) is 5.48. The van der Waals surface area contributed by atoms with Crippen LogP contribution in [0.1, 0.15) is 76.7 Å². The Morgan fingerprint density at radius 3 is 2.62 bits per heavy atom. The lowest BCUT2D eigenvalue weighted by molar-refractivity contribution is 0.103. The smallest absolute Gasteiger partial charge is 0.209 e. The van der Waals surface area contributed by atoms with Crippen molar-refractivity contribution in [2.45, 2.75) is 72.8 Å². The molecule has 0 unspecified atom stereocenters. The SMILES string of the molecule is C/C=C\C/C=C(\C)C(=O)c1nn(CC2CCCCC2)c2cc(OC)ccc12.CC. The summed E-state index contributed by atoms with van der Waals surface area (Å²) in [6.07, 6.45) is 13.2. The van der Waals surface area contributed by atoms with Crippen LogP contribution in [0.25, 0.3) is 10.9 Å². The van der Waals surface area contributed by atoms with E-state index in [0.717, 1.165) is 35.2 Å². The molecular weight excluding hydrogens is 360 g/mol. The van der Waals surface area contributed by atoms with Gasteiger partial charge in [-0.15, -0.1) is 0 Å². The molecule has 1 fully saturated rings. The third kappa shape index (κ3) is 5.81. The summed E-state index contributed by atoms with van der Waals surface area (Å²) in [6, 6.07) is 5.87. The van der Waals surface area contributed by atoms with Gasteiger partial charge in [0.2, 0.25) is 5.78 Å². The predicted octanol–water partition coefficient (Wildman–Crippen LogP) is 6.75. The van der Waals surface area contributed by atoms with E-state index in [4.69, 9.17) is 9.84 Å². The van der Waals surface area contributed by atoms with Gasteiger partial charge in [0.15, 0.2) is 0 Å². The maximum Gasteiger partial charge on any atom is 0.209 e. The van der Waals surface area contributed by atoms with Crippen molar-refractivity contribution in [3.05, 3.63) is 47.7 Å². The number of rotatable bonds is 7. The van der Waals surface area contributed by atoms with E-state index in [1.165, 1.54) is 32.1 Å². The summed E-state index contributed by atoms with van der Waals surface area (Å²) in [5, 5.41) is 5.67. The first-order valence-electron chi connectivity index (χ1n) is 11.0. The highest BCUT2D eigenvalue weighted by Gasteiger charge is 2.21. The van der Waals surface area contributed by atoms with E-state index in [1.807, 2.05) is 68.8 Å². The molecule has 2 aromatic rings. The predicted molar refractivity (Wildman–Crippen MR) is 122 cm³/mol. The van der Waals surface area contributed by atoms with Crippen LogP contribution in [0.15, 0.2) is 42.0 Å². The monoisotopic (exact) mass is 396 g/mol. The molecule has 1 heterocycles. The molecule has 0 N–H and O–H groups in total. The third-order valence-electron chi connectivity index (χ3n) is 5.48. The molecule has 29 heavy (non-hydrogen) atoms. The molecule has 1 aliphatic carbocycles. The van der Waals surface area contributed by atoms with Gasteiger partial charge in [-0.1, -0.05) is 51.3 Å². The lowest BCUT2D eigenvalue weighted by Crippen LogP contribution is -2.15. The molecule has 0 radical (unpaired) electrons. The largest absolute Gasteiger partial charge is 0.497 e. The second-order valence-electron chi connectivity index (χ2n) is 7.44. The van der Waals surface area contributed by atoms with Gasteiger partial charge in [0.05, 0.1) is 12.6 Å². The molecule has 4 nitrogen and oxygen atoms in total. The molecule has 1 aromatic heterocycles. The first-order chi connectivity index (χ1) is 14.1. The van der Waals surface area contributed by atoms with Gasteiger partial charge in [0, 0.05) is 18.0 Å². The van der Waals surface area contributed by atoms with Crippen molar-refractivity contribution >= 4 is 16.7 Å². The van der Waals surface area contributed by atoms with Gasteiger partial charge in [0.1, 0.15) is 11.4 Å². The summed E-state index contributed by atoms with van der Waals surface area (Å²) in [7, 11) is 1.67. The van der Waals surface area contributed by atoms with E-state index >= 15 is 0 Å². The number of ketones is 1. The number of carbonyl (C=O) groups excluding carboxylic acids is 1. The number of ether oxygens (including phenoxy) is 1. The van der Waals surface area contributed by atoms with E-state index in [2.05, 4.69) is 0 Å². The molecule has 3 rings (SSSR count). The number of Topliss-reactive ketones (excluding diaryl/α,β-unsaturated/α-hetero) is 1. The van der Waals surface area contributed by atoms with E-state index in [1.54, 1.807) is 7.11 Å². The van der Waals surface area contributed by atoms with Crippen LogP contribution in [0, 0.1) is 5.92 Å². The molecule has 4 heteroatoms. The Kier molecular flexibility index (Phi) is 9.17. The maximum atomic E-state index is 13.0. The van der Waals surface area contributed by atoms with Gasteiger partial charge < -0.3 is 4.74 Å². The second kappa shape index (κ2) is 11.6. The fourth-order valence-electron chi connectivity index (χ4n) is 3.86. The molecule has 158 valence electrons. The highest BCUT2D eigenvalue weighted by Crippen LogP contribution is 2.29. The number of nitrogens with zero attached hydrogens (tertiary/aromatic N) is 2. The fourth-order valence-corrected chi connectivity index (χ4v) is 3.86. The fraction of sp³-hybridized carbons (Fsp3) is 0.520. The average molecular weight is 397 g/mol. The summed E-state index contributed by atoms with van der Waals surface area (Å²) in [5.41, 5.74) is 2.29. The Bertz CT molecular complexity index is 855. The van der Waals surface area contributed by atoms with Gasteiger partial charge in [-0.2, -0.15) is 5.10 Å². The van der Waals surface area contributed by atoms with Crippen molar-refractivity contribution in [2.75, 3.05) is 7.11 Å². The summed E-state index contributed by atoms with van der Waals surface area (Å²) in [6.45, 7) is 8.73. The normalized spacial score (nSPS) is 15.4. The molecule has 0 aliphatic heterocycles. The molecule has 1 aliphatic rings. The van der Waals surface area contributed by atoms with Gasteiger partial charge in [-0.25, -0.2) is 0 Å². The Hall–Kier alpha value is -2.36. The number of methoxy groups -OCH3 is 1. The number of aromatic nitrogens is 2. The van der Waals surface area contributed by atoms with E-state index in [9.17, 15) is 4.79 Å². The average Bonchev–Trinajstić information content (AvgIpc) is 3.12. The Morgan fingerprint density at radius 1 is 1.24 bits per heavy atom. The number of allylic oxidation sites excluding steroid dienone is 4. The molecule has 0 spiro atoms. The van der Waals surface area contributed by atoms with Crippen LogP contribution in [0.5, 0.6) is 5.75 Å². The summed E-state index contributed by atoms with van der Waals surface area (Å²) in [4.78, 5) is 13.0. The standard InChI is InChI=1S/C23H30N2O2.C2H6/c1-4-5-7-10-17(2)23(26)22-20-14-13-19(27-3)15-21(20)25(24-22)16-18-11-8-6-9-12-18;1-2/h4-5,10,13-15,18H,6-9,11-12,16H2,1-3H3;1-2H3/b5-4-,17-10+;. The number of benzene rings is 1. The quantitative estimate of drug-likeness (QED) is 0.295. The van der Waals surface area contributed by atoms with Crippen LogP contribution >= 0.6 is 0 Å². The Morgan fingerprint density at radius 2 is 1.97 bits per heavy atom. The topological polar surface area (TPSA) is 44.1 Å². The molecule has 0 atom stereocenters. The van der Waals surface area contributed by atoms with Gasteiger partial charge >= 0.3 is 0 Å². The number of hydrogen-bond acceptors (Lipinski definition) is 3. The van der Waals surface area contributed by atoms with Crippen molar-refractivity contribution in [1.82, 2.24) is 9.78 Å². The van der Waals surface area contributed by atoms with E-state index in [-0.39, 0.29) is 5.78 Å². The molecule has 0 saturated heterocycles. The lowest BCUT2D eigenvalue weighted by atomic mass is 9.89.